The number of amides is 2. The first kappa shape index (κ1) is 16.0. The van der Waals surface area contributed by atoms with Crippen LogP contribution in [0.3, 0.4) is 0 Å². The molecule has 20 heavy (non-hydrogen) atoms. The van der Waals surface area contributed by atoms with E-state index in [1.165, 1.54) is 6.92 Å². The van der Waals surface area contributed by atoms with Crippen LogP contribution in [-0.4, -0.2) is 38.1 Å². The van der Waals surface area contributed by atoms with Gasteiger partial charge in [-0.25, -0.2) is 0 Å². The molecule has 0 radical (unpaired) electrons. The molecule has 1 aromatic carbocycles. The van der Waals surface area contributed by atoms with Gasteiger partial charge in [0.05, 0.1) is 6.61 Å². The Kier molecular flexibility index (Phi) is 6.52. The topological polar surface area (TPSA) is 79.5 Å². The number of methoxy groups -OCH3 is 1. The largest absolute Gasteiger partial charge is 0.383 e. The molecule has 0 saturated carbocycles. The zero-order valence-electron chi connectivity index (χ0n) is 12.0. The smallest absolute Gasteiger partial charge is 0.242 e. The fourth-order valence-electron chi connectivity index (χ4n) is 1.60. The maximum absolute atomic E-state index is 11.7. The maximum atomic E-state index is 11.7. The first-order valence-corrected chi connectivity index (χ1v) is 6.43. The fraction of sp³-hybridized carbons (Fsp3) is 0.429. The molecule has 0 fully saturated rings. The summed E-state index contributed by atoms with van der Waals surface area (Å²) < 4.78 is 4.87. The molecule has 110 valence electrons. The molecule has 0 bridgehead atoms. The summed E-state index contributed by atoms with van der Waals surface area (Å²) in [6.45, 7) is 4.22. The second-order valence-electron chi connectivity index (χ2n) is 4.41. The lowest BCUT2D eigenvalue weighted by atomic mass is 10.2. The Morgan fingerprint density at radius 3 is 2.35 bits per heavy atom. The van der Waals surface area contributed by atoms with Crippen molar-refractivity contribution in [2.24, 2.45) is 0 Å². The van der Waals surface area contributed by atoms with E-state index in [9.17, 15) is 9.59 Å². The van der Waals surface area contributed by atoms with Crippen LogP contribution in [0.25, 0.3) is 0 Å². The lowest BCUT2D eigenvalue weighted by Gasteiger charge is -2.15. The fourth-order valence-corrected chi connectivity index (χ4v) is 1.60. The van der Waals surface area contributed by atoms with Crippen molar-refractivity contribution in [2.75, 3.05) is 30.9 Å². The van der Waals surface area contributed by atoms with E-state index in [1.54, 1.807) is 26.2 Å². The SMILES string of the molecule is COCCNC(=O)C(C)Nc1ccc(NC(C)=O)cc1. The van der Waals surface area contributed by atoms with E-state index in [4.69, 9.17) is 4.74 Å². The second-order valence-corrected chi connectivity index (χ2v) is 4.41. The average molecular weight is 279 g/mol. The van der Waals surface area contributed by atoms with Gasteiger partial charge >= 0.3 is 0 Å². The van der Waals surface area contributed by atoms with Gasteiger partial charge in [-0.1, -0.05) is 0 Å². The number of hydrogen-bond donors (Lipinski definition) is 3. The molecule has 0 aliphatic heterocycles. The third-order valence-corrected chi connectivity index (χ3v) is 2.59. The molecule has 0 spiro atoms. The first-order valence-electron chi connectivity index (χ1n) is 6.43. The van der Waals surface area contributed by atoms with E-state index >= 15 is 0 Å². The highest BCUT2D eigenvalue weighted by atomic mass is 16.5. The zero-order valence-corrected chi connectivity index (χ0v) is 12.0. The third-order valence-electron chi connectivity index (χ3n) is 2.59. The van der Waals surface area contributed by atoms with Crippen molar-refractivity contribution in [1.29, 1.82) is 0 Å². The van der Waals surface area contributed by atoms with Gasteiger partial charge in [-0.15, -0.1) is 0 Å². The van der Waals surface area contributed by atoms with Gasteiger partial charge in [0.25, 0.3) is 0 Å². The molecule has 0 aliphatic carbocycles. The Hall–Kier alpha value is -2.08. The highest BCUT2D eigenvalue weighted by molar-refractivity contribution is 5.89. The number of carbonyl (C=O) groups excluding carboxylic acids is 2. The molecule has 3 N–H and O–H groups in total. The quantitative estimate of drug-likeness (QED) is 0.655. The standard InChI is InChI=1S/C14H21N3O3/c1-10(14(19)15-8-9-20-3)16-12-4-6-13(7-5-12)17-11(2)18/h4-7,10,16H,8-9H2,1-3H3,(H,15,19)(H,17,18). The molecule has 1 aromatic rings. The van der Waals surface area contributed by atoms with Crippen LogP contribution >= 0.6 is 0 Å². The van der Waals surface area contributed by atoms with Gasteiger partial charge in [0, 0.05) is 32.0 Å². The van der Waals surface area contributed by atoms with Crippen molar-refractivity contribution in [2.45, 2.75) is 19.9 Å². The summed E-state index contributed by atoms with van der Waals surface area (Å²) >= 11 is 0. The Balaban J connectivity index is 2.47. The summed E-state index contributed by atoms with van der Waals surface area (Å²) in [6, 6.07) is 6.82. The van der Waals surface area contributed by atoms with Crippen LogP contribution in [-0.2, 0) is 14.3 Å². The highest BCUT2D eigenvalue weighted by Gasteiger charge is 2.11. The number of anilines is 2. The van der Waals surface area contributed by atoms with Crippen molar-refractivity contribution >= 4 is 23.2 Å². The van der Waals surface area contributed by atoms with Gasteiger partial charge in [-0.05, 0) is 31.2 Å². The first-order chi connectivity index (χ1) is 9.52. The second kappa shape index (κ2) is 8.16. The summed E-state index contributed by atoms with van der Waals surface area (Å²) in [4.78, 5) is 22.6. The minimum absolute atomic E-state index is 0.0898. The summed E-state index contributed by atoms with van der Waals surface area (Å²) in [5.41, 5.74) is 1.54. The molecule has 6 heteroatoms. The molecule has 1 rings (SSSR count). The summed E-state index contributed by atoms with van der Waals surface area (Å²) in [7, 11) is 1.59. The van der Waals surface area contributed by atoms with Crippen LogP contribution in [0.1, 0.15) is 13.8 Å². The predicted octanol–water partition coefficient (Wildman–Crippen LogP) is 1.21. The van der Waals surface area contributed by atoms with Gasteiger partial charge in [0.1, 0.15) is 6.04 Å². The lowest BCUT2D eigenvalue weighted by Crippen LogP contribution is -2.39. The minimum Gasteiger partial charge on any atom is -0.383 e. The molecule has 1 unspecified atom stereocenters. The lowest BCUT2D eigenvalue weighted by molar-refractivity contribution is -0.121. The van der Waals surface area contributed by atoms with E-state index < -0.39 is 0 Å². The van der Waals surface area contributed by atoms with E-state index in [0.717, 1.165) is 11.4 Å². The van der Waals surface area contributed by atoms with Crippen LogP contribution < -0.4 is 16.0 Å². The van der Waals surface area contributed by atoms with Gasteiger partial charge in [0.2, 0.25) is 11.8 Å². The predicted molar refractivity (Wildman–Crippen MR) is 78.7 cm³/mol. The molecular formula is C14H21N3O3. The zero-order chi connectivity index (χ0) is 15.0. The third kappa shape index (κ3) is 5.71. The van der Waals surface area contributed by atoms with E-state index in [1.807, 2.05) is 12.1 Å². The van der Waals surface area contributed by atoms with Crippen LogP contribution in [0.2, 0.25) is 0 Å². The van der Waals surface area contributed by atoms with Gasteiger partial charge in [-0.2, -0.15) is 0 Å². The molecular weight excluding hydrogens is 258 g/mol. The average Bonchev–Trinajstić information content (AvgIpc) is 2.40. The molecule has 0 saturated heterocycles. The van der Waals surface area contributed by atoms with Gasteiger partial charge in [-0.3, -0.25) is 9.59 Å². The maximum Gasteiger partial charge on any atom is 0.242 e. The van der Waals surface area contributed by atoms with E-state index in [-0.39, 0.29) is 17.9 Å². The number of carbonyl (C=O) groups is 2. The van der Waals surface area contributed by atoms with Gasteiger partial charge < -0.3 is 20.7 Å². The summed E-state index contributed by atoms with van der Waals surface area (Å²) in [6.07, 6.45) is 0. The van der Waals surface area contributed by atoms with E-state index in [2.05, 4.69) is 16.0 Å². The Labute approximate surface area is 118 Å². The van der Waals surface area contributed by atoms with Gasteiger partial charge in [0.15, 0.2) is 0 Å². The molecule has 1 atom stereocenters. The highest BCUT2D eigenvalue weighted by Crippen LogP contribution is 2.14. The van der Waals surface area contributed by atoms with Crippen molar-refractivity contribution in [3.05, 3.63) is 24.3 Å². The molecule has 0 aliphatic rings. The Morgan fingerprint density at radius 1 is 1.20 bits per heavy atom. The van der Waals surface area contributed by atoms with Crippen molar-refractivity contribution in [1.82, 2.24) is 5.32 Å². The van der Waals surface area contributed by atoms with Crippen LogP contribution in [0.4, 0.5) is 11.4 Å². The molecule has 0 heterocycles. The Bertz CT molecular complexity index is 445. The van der Waals surface area contributed by atoms with Crippen molar-refractivity contribution in [3.8, 4) is 0 Å². The molecule has 6 nitrogen and oxygen atoms in total. The van der Waals surface area contributed by atoms with Crippen molar-refractivity contribution < 1.29 is 14.3 Å². The monoisotopic (exact) mass is 279 g/mol. The molecule has 2 amide bonds. The molecule has 0 aromatic heterocycles. The van der Waals surface area contributed by atoms with Crippen LogP contribution in [0.5, 0.6) is 0 Å². The minimum atomic E-state index is -0.349. The number of nitrogens with one attached hydrogen (secondary N) is 3. The van der Waals surface area contributed by atoms with Crippen LogP contribution in [0, 0.1) is 0 Å². The number of rotatable bonds is 7. The van der Waals surface area contributed by atoms with Crippen LogP contribution in [0.15, 0.2) is 24.3 Å². The van der Waals surface area contributed by atoms with E-state index in [0.29, 0.717) is 13.2 Å². The number of hydrogen-bond acceptors (Lipinski definition) is 4. The normalized spacial score (nSPS) is 11.6. The van der Waals surface area contributed by atoms with Crippen molar-refractivity contribution in [3.63, 3.8) is 0 Å². The summed E-state index contributed by atoms with van der Waals surface area (Å²) in [5.74, 6) is -0.204. The number of benzene rings is 1. The number of ether oxygens (including phenoxy) is 1. The Morgan fingerprint density at radius 2 is 1.80 bits per heavy atom. The summed E-state index contributed by atoms with van der Waals surface area (Å²) in [5, 5.41) is 8.52.